The molecule has 3 N–H and O–H groups in total. The number of hydrogen-bond donors (Lipinski definition) is 2. The summed E-state index contributed by atoms with van der Waals surface area (Å²) in [6.45, 7) is 2.31. The predicted molar refractivity (Wildman–Crippen MR) is 112 cm³/mol. The monoisotopic (exact) mass is 447 g/mol. The smallest absolute Gasteiger partial charge is 0.330 e. The third-order valence-electron chi connectivity index (χ3n) is 4.16. The highest BCUT2D eigenvalue weighted by molar-refractivity contribution is 7.99. The standard InChI is InChI=1S/C19H21N5O6S/c1-11-4-3-5-12(8-11)29-9-14-22-23-19(30-14)31-10-13(25)15-16(20)24(6-7-28-2)18(27)21-17(15)26/h3-5,8H,6-7,9-10,20H2,1-2H3,(H,21,26,27). The van der Waals surface area contributed by atoms with Gasteiger partial charge in [-0.25, -0.2) is 4.79 Å². The van der Waals surface area contributed by atoms with E-state index in [2.05, 4.69) is 15.2 Å². The van der Waals surface area contributed by atoms with E-state index in [1.54, 1.807) is 0 Å². The summed E-state index contributed by atoms with van der Waals surface area (Å²) < 4.78 is 17.0. The number of H-pyrrole nitrogens is 1. The highest BCUT2D eigenvalue weighted by Gasteiger charge is 2.20. The van der Waals surface area contributed by atoms with Gasteiger partial charge in [-0.3, -0.25) is 19.1 Å². The first-order chi connectivity index (χ1) is 14.9. The Kier molecular flexibility index (Phi) is 7.26. The molecule has 0 aliphatic heterocycles. The number of rotatable bonds is 10. The van der Waals surface area contributed by atoms with Crippen LogP contribution in [0, 0.1) is 6.92 Å². The van der Waals surface area contributed by atoms with Crippen LogP contribution < -0.4 is 21.7 Å². The van der Waals surface area contributed by atoms with Crippen molar-refractivity contribution in [2.24, 2.45) is 0 Å². The fourth-order valence-electron chi connectivity index (χ4n) is 2.67. The molecule has 0 amide bonds. The molecule has 11 nitrogen and oxygen atoms in total. The number of anilines is 1. The maximum atomic E-state index is 12.6. The first-order valence-electron chi connectivity index (χ1n) is 9.18. The second-order valence-corrected chi connectivity index (χ2v) is 7.37. The van der Waals surface area contributed by atoms with Crippen LogP contribution in [-0.2, 0) is 17.9 Å². The highest BCUT2D eigenvalue weighted by Crippen LogP contribution is 2.20. The number of Topliss-reactive ketones (excluding diaryl/α,β-unsaturated/α-hetero) is 1. The van der Waals surface area contributed by atoms with Crippen LogP contribution in [-0.4, -0.2) is 45.0 Å². The molecule has 0 atom stereocenters. The summed E-state index contributed by atoms with van der Waals surface area (Å²) in [6, 6.07) is 7.51. The Bertz CT molecular complexity index is 1190. The molecule has 12 heteroatoms. The summed E-state index contributed by atoms with van der Waals surface area (Å²) in [5, 5.41) is 7.86. The zero-order chi connectivity index (χ0) is 22.4. The summed E-state index contributed by atoms with van der Waals surface area (Å²) in [6.07, 6.45) is 0. The van der Waals surface area contributed by atoms with Crippen molar-refractivity contribution >= 4 is 23.4 Å². The van der Waals surface area contributed by atoms with Crippen LogP contribution in [0.5, 0.6) is 5.75 Å². The van der Waals surface area contributed by atoms with E-state index in [1.807, 2.05) is 31.2 Å². The number of carbonyl (C=O) groups excluding carboxylic acids is 1. The van der Waals surface area contributed by atoms with E-state index in [1.165, 1.54) is 7.11 Å². The zero-order valence-electron chi connectivity index (χ0n) is 16.9. The molecular weight excluding hydrogens is 426 g/mol. The fourth-order valence-corrected chi connectivity index (χ4v) is 3.32. The van der Waals surface area contributed by atoms with Gasteiger partial charge in [0.2, 0.25) is 0 Å². The normalized spacial score (nSPS) is 10.9. The topological polar surface area (TPSA) is 155 Å². The van der Waals surface area contributed by atoms with Gasteiger partial charge in [0, 0.05) is 7.11 Å². The van der Waals surface area contributed by atoms with E-state index >= 15 is 0 Å². The first-order valence-corrected chi connectivity index (χ1v) is 10.2. The SMILES string of the molecule is COCCn1c(N)c(C(=O)CSc2nnc(COc3cccc(C)c3)o2)c(=O)[nH]c1=O. The van der Waals surface area contributed by atoms with E-state index in [0.29, 0.717) is 5.75 Å². The van der Waals surface area contributed by atoms with Crippen molar-refractivity contribution in [1.29, 1.82) is 0 Å². The molecule has 2 aromatic heterocycles. The molecule has 31 heavy (non-hydrogen) atoms. The lowest BCUT2D eigenvalue weighted by molar-refractivity contribution is 0.102. The summed E-state index contributed by atoms with van der Waals surface area (Å²) >= 11 is 0.948. The van der Waals surface area contributed by atoms with Gasteiger partial charge in [0.25, 0.3) is 16.7 Å². The van der Waals surface area contributed by atoms with Gasteiger partial charge in [-0.15, -0.1) is 10.2 Å². The number of nitrogens with one attached hydrogen (secondary N) is 1. The van der Waals surface area contributed by atoms with Crippen molar-refractivity contribution in [3.05, 3.63) is 62.1 Å². The second kappa shape index (κ2) is 10.1. The molecular formula is C19H21N5O6S. The maximum Gasteiger partial charge on any atom is 0.330 e. The molecule has 3 rings (SSSR count). The van der Waals surface area contributed by atoms with Crippen molar-refractivity contribution in [2.75, 3.05) is 25.2 Å². The van der Waals surface area contributed by atoms with Crippen molar-refractivity contribution in [2.45, 2.75) is 25.3 Å². The second-order valence-electron chi connectivity index (χ2n) is 6.44. The molecule has 0 aliphatic rings. The summed E-state index contributed by atoms with van der Waals surface area (Å²) in [7, 11) is 1.46. The number of ether oxygens (including phenoxy) is 2. The minimum absolute atomic E-state index is 0.0715. The largest absolute Gasteiger partial charge is 0.484 e. The van der Waals surface area contributed by atoms with Gasteiger partial charge in [0.1, 0.15) is 17.1 Å². The number of aromatic amines is 1. The summed E-state index contributed by atoms with van der Waals surface area (Å²) in [4.78, 5) is 38.7. The lowest BCUT2D eigenvalue weighted by atomic mass is 10.2. The Balaban J connectivity index is 1.64. The Labute approximate surface area is 180 Å². The third-order valence-corrected chi connectivity index (χ3v) is 4.98. The Hall–Kier alpha value is -3.38. The zero-order valence-corrected chi connectivity index (χ0v) is 17.7. The molecule has 0 aliphatic carbocycles. The number of hydrogen-bond acceptors (Lipinski definition) is 10. The number of nitrogens with zero attached hydrogens (tertiary/aromatic N) is 3. The van der Waals surface area contributed by atoms with Gasteiger partial charge in [0.05, 0.1) is 18.9 Å². The van der Waals surface area contributed by atoms with Gasteiger partial charge >= 0.3 is 5.69 Å². The van der Waals surface area contributed by atoms with Gasteiger partial charge in [-0.1, -0.05) is 23.9 Å². The van der Waals surface area contributed by atoms with Gasteiger partial charge in [0.15, 0.2) is 12.4 Å². The van der Waals surface area contributed by atoms with Crippen LogP contribution in [0.25, 0.3) is 0 Å². The van der Waals surface area contributed by atoms with Crippen LogP contribution in [0.2, 0.25) is 0 Å². The summed E-state index contributed by atoms with van der Waals surface area (Å²) in [5.41, 5.74) is 5.09. The Morgan fingerprint density at radius 3 is 2.87 bits per heavy atom. The number of methoxy groups -OCH3 is 1. The number of ketones is 1. The van der Waals surface area contributed by atoms with Crippen LogP contribution in [0.4, 0.5) is 5.82 Å². The molecule has 0 bridgehead atoms. The third kappa shape index (κ3) is 5.61. The average Bonchev–Trinajstić information content (AvgIpc) is 3.18. The van der Waals surface area contributed by atoms with E-state index < -0.39 is 17.0 Å². The Morgan fingerprint density at radius 2 is 2.13 bits per heavy atom. The molecule has 1 aromatic carbocycles. The first kappa shape index (κ1) is 22.3. The van der Waals surface area contributed by atoms with Gasteiger partial charge < -0.3 is 19.6 Å². The number of aryl methyl sites for hydroxylation is 1. The molecule has 0 saturated heterocycles. The van der Waals surface area contributed by atoms with Crippen molar-refractivity contribution in [3.8, 4) is 5.75 Å². The van der Waals surface area contributed by atoms with E-state index in [4.69, 9.17) is 19.6 Å². The lowest BCUT2D eigenvalue weighted by Gasteiger charge is -2.11. The van der Waals surface area contributed by atoms with Crippen LogP contribution in [0.15, 0.2) is 43.5 Å². The number of aromatic nitrogens is 4. The minimum Gasteiger partial charge on any atom is -0.484 e. The fraction of sp³-hybridized carbons (Fsp3) is 0.316. The number of carbonyl (C=O) groups is 1. The lowest BCUT2D eigenvalue weighted by Crippen LogP contribution is -2.37. The quantitative estimate of drug-likeness (QED) is 0.340. The highest BCUT2D eigenvalue weighted by atomic mass is 32.2. The van der Waals surface area contributed by atoms with Gasteiger partial charge in [-0.2, -0.15) is 0 Å². The number of thioether (sulfide) groups is 1. The van der Waals surface area contributed by atoms with Crippen molar-refractivity contribution in [1.82, 2.24) is 19.7 Å². The van der Waals surface area contributed by atoms with E-state index in [9.17, 15) is 14.4 Å². The van der Waals surface area contributed by atoms with Crippen molar-refractivity contribution < 1.29 is 18.7 Å². The molecule has 0 unspecified atom stereocenters. The van der Waals surface area contributed by atoms with Crippen LogP contribution in [0.3, 0.4) is 0 Å². The number of benzene rings is 1. The predicted octanol–water partition coefficient (Wildman–Crippen LogP) is 1.01. The summed E-state index contributed by atoms with van der Waals surface area (Å²) in [5.74, 6) is -0.0708. The van der Waals surface area contributed by atoms with E-state index in [0.717, 1.165) is 21.9 Å². The number of nitrogens with two attached hydrogens (primary N) is 1. The van der Waals surface area contributed by atoms with Gasteiger partial charge in [-0.05, 0) is 24.6 Å². The minimum atomic E-state index is -0.848. The molecule has 0 fully saturated rings. The molecule has 164 valence electrons. The average molecular weight is 447 g/mol. The van der Waals surface area contributed by atoms with E-state index in [-0.39, 0.29) is 48.0 Å². The van der Waals surface area contributed by atoms with Crippen LogP contribution in [0.1, 0.15) is 21.8 Å². The molecule has 0 radical (unpaired) electrons. The number of nitrogen functional groups attached to an aromatic ring is 1. The molecule has 0 spiro atoms. The van der Waals surface area contributed by atoms with Crippen LogP contribution >= 0.6 is 11.8 Å². The molecule has 2 heterocycles. The Morgan fingerprint density at radius 1 is 1.32 bits per heavy atom. The molecule has 0 saturated carbocycles. The molecule has 3 aromatic rings. The van der Waals surface area contributed by atoms with Crippen molar-refractivity contribution in [3.63, 3.8) is 0 Å². The maximum absolute atomic E-state index is 12.6.